The molecule has 3 rings (SSSR count). The van der Waals surface area contributed by atoms with Crippen molar-refractivity contribution < 1.29 is 23.7 Å². The molecule has 2 heterocycles. The molecule has 0 saturated carbocycles. The molecule has 2 fully saturated rings. The van der Waals surface area contributed by atoms with E-state index in [2.05, 4.69) is 0 Å². The zero-order chi connectivity index (χ0) is 19.6. The van der Waals surface area contributed by atoms with Gasteiger partial charge in [0.1, 0.15) is 23.9 Å². The van der Waals surface area contributed by atoms with Gasteiger partial charge in [0.25, 0.3) is 0 Å². The van der Waals surface area contributed by atoms with Crippen LogP contribution in [0.4, 0.5) is 0 Å². The van der Waals surface area contributed by atoms with Crippen molar-refractivity contribution in [3.05, 3.63) is 47.7 Å². The average molecular weight is 372 g/mol. The Kier molecular flexibility index (Phi) is 5.63. The quantitative estimate of drug-likeness (QED) is 0.558. The summed E-state index contributed by atoms with van der Waals surface area (Å²) in [6.45, 7) is 3.86. The lowest BCUT2D eigenvalue weighted by Gasteiger charge is -2.25. The second-order valence-corrected chi connectivity index (χ2v) is 7.27. The van der Waals surface area contributed by atoms with Crippen molar-refractivity contribution in [1.82, 2.24) is 4.90 Å². The molecule has 1 aromatic rings. The lowest BCUT2D eigenvalue weighted by Crippen LogP contribution is -2.41. The van der Waals surface area contributed by atoms with Crippen LogP contribution in [-0.4, -0.2) is 55.2 Å². The minimum absolute atomic E-state index is 0.00227. The van der Waals surface area contributed by atoms with E-state index in [-0.39, 0.29) is 5.57 Å². The fourth-order valence-electron chi connectivity index (χ4n) is 3.20. The number of ketones is 1. The molecule has 0 amide bonds. The van der Waals surface area contributed by atoms with Gasteiger partial charge in [-0.2, -0.15) is 5.26 Å². The first-order valence-electron chi connectivity index (χ1n) is 8.80. The standard InChI is InChI=1S/C20H24N2O5/c1-20(2)26-18-17(24-12-13-8-6-5-7-9-13)16(25-19(18)27-20)15(23)14(10-21)11-22(3)4/h5-9,11,16-19H,12H2,1-4H3/b14-11+/t16-,17+,18-,19-/m1/s1. The number of ether oxygens (including phenoxy) is 4. The maximum atomic E-state index is 12.9. The van der Waals surface area contributed by atoms with Crippen LogP contribution in [0.2, 0.25) is 0 Å². The van der Waals surface area contributed by atoms with Crippen molar-refractivity contribution in [2.24, 2.45) is 0 Å². The molecule has 0 radical (unpaired) electrons. The number of benzene rings is 1. The van der Waals surface area contributed by atoms with Gasteiger partial charge >= 0.3 is 0 Å². The lowest BCUT2D eigenvalue weighted by molar-refractivity contribution is -0.217. The Hall–Kier alpha value is -2.24. The normalized spacial score (nSPS) is 29.2. The van der Waals surface area contributed by atoms with E-state index in [1.54, 1.807) is 32.8 Å². The van der Waals surface area contributed by atoms with Crippen molar-refractivity contribution in [3.63, 3.8) is 0 Å². The first-order chi connectivity index (χ1) is 12.8. The van der Waals surface area contributed by atoms with Gasteiger partial charge in [0.15, 0.2) is 18.2 Å². The summed E-state index contributed by atoms with van der Waals surface area (Å²) < 4.78 is 23.5. The molecule has 7 heteroatoms. The third-order valence-electron chi connectivity index (χ3n) is 4.31. The molecule has 144 valence electrons. The van der Waals surface area contributed by atoms with Gasteiger partial charge in [-0.1, -0.05) is 30.3 Å². The van der Waals surface area contributed by atoms with Crippen molar-refractivity contribution in [2.75, 3.05) is 14.1 Å². The summed E-state index contributed by atoms with van der Waals surface area (Å²) in [5.74, 6) is -1.27. The first kappa shape index (κ1) is 19.5. The molecule has 0 bridgehead atoms. The number of fused-ring (bicyclic) bond motifs is 1. The van der Waals surface area contributed by atoms with E-state index in [0.29, 0.717) is 6.61 Å². The minimum atomic E-state index is -0.967. The van der Waals surface area contributed by atoms with Crippen LogP contribution in [-0.2, 0) is 30.3 Å². The number of hydrogen-bond acceptors (Lipinski definition) is 7. The summed E-state index contributed by atoms with van der Waals surface area (Å²) in [5.41, 5.74) is 0.965. The Labute approximate surface area is 159 Å². The Morgan fingerprint density at radius 1 is 1.30 bits per heavy atom. The lowest BCUT2D eigenvalue weighted by atomic mass is 10.0. The topological polar surface area (TPSA) is 81.0 Å². The molecular formula is C20H24N2O5. The fraction of sp³-hybridized carbons (Fsp3) is 0.500. The molecule has 2 saturated heterocycles. The van der Waals surface area contributed by atoms with Crippen LogP contribution in [0.15, 0.2) is 42.1 Å². The summed E-state index contributed by atoms with van der Waals surface area (Å²) in [7, 11) is 3.49. The Morgan fingerprint density at radius 3 is 2.63 bits per heavy atom. The second kappa shape index (κ2) is 7.79. The SMILES string of the molecule is CN(C)/C=C(\C#N)C(=O)[C@H]1O[C@@H]2OC(C)(C)O[C@@H]2[C@H]1OCc1ccccc1. The highest BCUT2D eigenvalue weighted by atomic mass is 16.8. The molecular weight excluding hydrogens is 348 g/mol. The van der Waals surface area contributed by atoms with Gasteiger partial charge in [0.2, 0.25) is 5.78 Å². The van der Waals surface area contributed by atoms with Gasteiger partial charge in [-0.3, -0.25) is 4.79 Å². The van der Waals surface area contributed by atoms with Crippen LogP contribution < -0.4 is 0 Å². The number of Topliss-reactive ketones (excluding diaryl/α,β-unsaturated/α-hetero) is 1. The first-order valence-corrected chi connectivity index (χ1v) is 8.80. The zero-order valence-electron chi connectivity index (χ0n) is 15.9. The Balaban J connectivity index is 1.81. The van der Waals surface area contributed by atoms with E-state index < -0.39 is 36.2 Å². The highest BCUT2D eigenvalue weighted by Crippen LogP contribution is 2.39. The van der Waals surface area contributed by atoms with Gasteiger partial charge in [-0.25, -0.2) is 0 Å². The largest absolute Gasteiger partial charge is 0.382 e. The smallest absolute Gasteiger partial charge is 0.206 e. The van der Waals surface area contributed by atoms with Crippen LogP contribution in [0.1, 0.15) is 19.4 Å². The third kappa shape index (κ3) is 4.37. The maximum Gasteiger partial charge on any atom is 0.206 e. The van der Waals surface area contributed by atoms with E-state index in [4.69, 9.17) is 18.9 Å². The fourth-order valence-corrected chi connectivity index (χ4v) is 3.20. The molecule has 2 aliphatic rings. The summed E-state index contributed by atoms with van der Waals surface area (Å²) in [5, 5.41) is 9.36. The predicted octanol–water partition coefficient (Wildman–Crippen LogP) is 1.99. The van der Waals surface area contributed by atoms with Gasteiger partial charge in [-0.15, -0.1) is 0 Å². The number of nitriles is 1. The van der Waals surface area contributed by atoms with Crippen LogP contribution in [0.5, 0.6) is 0 Å². The summed E-state index contributed by atoms with van der Waals surface area (Å²) in [6.07, 6.45) is -1.43. The van der Waals surface area contributed by atoms with E-state index in [1.165, 1.54) is 6.20 Å². The van der Waals surface area contributed by atoms with Gasteiger partial charge in [0.05, 0.1) is 6.61 Å². The molecule has 0 N–H and O–H groups in total. The average Bonchev–Trinajstić information content (AvgIpc) is 3.09. The maximum absolute atomic E-state index is 12.9. The third-order valence-corrected chi connectivity index (χ3v) is 4.31. The van der Waals surface area contributed by atoms with E-state index in [1.807, 2.05) is 36.4 Å². The molecule has 4 atom stereocenters. The Morgan fingerprint density at radius 2 is 2.00 bits per heavy atom. The second-order valence-electron chi connectivity index (χ2n) is 7.27. The highest BCUT2D eigenvalue weighted by Gasteiger charge is 2.57. The van der Waals surface area contributed by atoms with E-state index >= 15 is 0 Å². The molecule has 0 aliphatic carbocycles. The Bertz CT molecular complexity index is 753. The molecule has 7 nitrogen and oxygen atoms in total. The van der Waals surface area contributed by atoms with E-state index in [0.717, 1.165) is 5.56 Å². The van der Waals surface area contributed by atoms with Crippen molar-refractivity contribution >= 4 is 5.78 Å². The summed E-state index contributed by atoms with van der Waals surface area (Å²) >= 11 is 0. The number of carbonyl (C=O) groups is 1. The van der Waals surface area contributed by atoms with Crippen LogP contribution in [0.25, 0.3) is 0 Å². The van der Waals surface area contributed by atoms with Gasteiger partial charge in [0, 0.05) is 20.3 Å². The van der Waals surface area contributed by atoms with Crippen LogP contribution in [0, 0.1) is 11.3 Å². The summed E-state index contributed by atoms with van der Waals surface area (Å²) in [4.78, 5) is 14.5. The summed E-state index contributed by atoms with van der Waals surface area (Å²) in [6, 6.07) is 11.6. The molecule has 27 heavy (non-hydrogen) atoms. The molecule has 1 aromatic carbocycles. The van der Waals surface area contributed by atoms with Crippen LogP contribution in [0.3, 0.4) is 0 Å². The van der Waals surface area contributed by atoms with Crippen LogP contribution >= 0.6 is 0 Å². The van der Waals surface area contributed by atoms with Crippen molar-refractivity contribution in [2.45, 2.75) is 50.8 Å². The highest BCUT2D eigenvalue weighted by molar-refractivity contribution is 6.02. The zero-order valence-corrected chi connectivity index (χ0v) is 15.9. The molecule has 2 aliphatic heterocycles. The monoisotopic (exact) mass is 372 g/mol. The number of rotatable bonds is 6. The van der Waals surface area contributed by atoms with Crippen molar-refractivity contribution in [1.29, 1.82) is 5.26 Å². The van der Waals surface area contributed by atoms with E-state index in [9.17, 15) is 10.1 Å². The number of carbonyl (C=O) groups excluding carboxylic acids is 1. The number of nitrogens with zero attached hydrogens (tertiary/aromatic N) is 2. The van der Waals surface area contributed by atoms with Gasteiger partial charge in [-0.05, 0) is 19.4 Å². The molecule has 0 spiro atoms. The molecule has 0 aromatic heterocycles. The molecule has 0 unspecified atom stereocenters. The van der Waals surface area contributed by atoms with Gasteiger partial charge < -0.3 is 23.8 Å². The predicted molar refractivity (Wildman–Crippen MR) is 96.1 cm³/mol. The minimum Gasteiger partial charge on any atom is -0.382 e. The number of hydrogen-bond donors (Lipinski definition) is 0. The van der Waals surface area contributed by atoms with Crippen molar-refractivity contribution in [3.8, 4) is 6.07 Å².